The molecule has 126 valence electrons. The maximum atomic E-state index is 5.77. The molecule has 2 aliphatic rings. The molecular formula is C20H35NS. The van der Waals surface area contributed by atoms with Crippen LogP contribution < -0.4 is 5.73 Å². The van der Waals surface area contributed by atoms with Gasteiger partial charge in [-0.2, -0.15) is 0 Å². The van der Waals surface area contributed by atoms with Crippen molar-refractivity contribution in [2.75, 3.05) is 12.3 Å². The lowest BCUT2D eigenvalue weighted by atomic mass is 9.83. The van der Waals surface area contributed by atoms with E-state index in [1.165, 1.54) is 74.9 Å². The summed E-state index contributed by atoms with van der Waals surface area (Å²) in [6.45, 7) is 3.14. The van der Waals surface area contributed by atoms with Crippen molar-refractivity contribution in [3.8, 4) is 0 Å². The lowest BCUT2D eigenvalue weighted by Gasteiger charge is -2.25. The summed E-state index contributed by atoms with van der Waals surface area (Å²) < 4.78 is 0. The van der Waals surface area contributed by atoms with Crippen molar-refractivity contribution in [2.45, 2.75) is 71.1 Å². The van der Waals surface area contributed by atoms with Gasteiger partial charge in [0, 0.05) is 4.91 Å². The first-order valence-electron chi connectivity index (χ1n) is 9.54. The summed E-state index contributed by atoms with van der Waals surface area (Å²) in [5, 5.41) is 0. The second-order valence-electron chi connectivity index (χ2n) is 7.11. The molecule has 0 aromatic heterocycles. The van der Waals surface area contributed by atoms with E-state index in [2.05, 4.69) is 36.9 Å². The number of allylic oxidation sites excluding steroid dienone is 3. The van der Waals surface area contributed by atoms with E-state index in [4.69, 9.17) is 5.73 Å². The van der Waals surface area contributed by atoms with Crippen molar-refractivity contribution in [1.29, 1.82) is 0 Å². The van der Waals surface area contributed by atoms with E-state index in [1.54, 1.807) is 0 Å². The molecule has 0 aromatic carbocycles. The van der Waals surface area contributed by atoms with Crippen LogP contribution in [0.25, 0.3) is 0 Å². The van der Waals surface area contributed by atoms with E-state index >= 15 is 0 Å². The van der Waals surface area contributed by atoms with Gasteiger partial charge >= 0.3 is 0 Å². The summed E-state index contributed by atoms with van der Waals surface area (Å²) >= 11 is 2.08. The molecule has 1 saturated carbocycles. The highest BCUT2D eigenvalue weighted by Gasteiger charge is 2.19. The maximum absolute atomic E-state index is 5.77. The molecule has 0 saturated heterocycles. The van der Waals surface area contributed by atoms with E-state index in [0.29, 0.717) is 0 Å². The van der Waals surface area contributed by atoms with Crippen molar-refractivity contribution < 1.29 is 0 Å². The Morgan fingerprint density at radius 2 is 2.09 bits per heavy atom. The Labute approximate surface area is 142 Å². The average molecular weight is 322 g/mol. The van der Waals surface area contributed by atoms with Gasteiger partial charge in [-0.1, -0.05) is 63.7 Å². The Balaban J connectivity index is 1.69. The predicted molar refractivity (Wildman–Crippen MR) is 101 cm³/mol. The number of nitrogens with two attached hydrogens (primary N) is 1. The van der Waals surface area contributed by atoms with E-state index in [9.17, 15) is 0 Å². The first kappa shape index (κ1) is 18.1. The lowest BCUT2D eigenvalue weighted by Crippen LogP contribution is -2.17. The molecule has 2 rings (SSSR count). The maximum Gasteiger partial charge on any atom is 0.00318 e. The third-order valence-electron chi connectivity index (χ3n) is 5.49. The summed E-state index contributed by atoms with van der Waals surface area (Å²) in [5.74, 6) is 3.83. The zero-order valence-electron chi connectivity index (χ0n) is 14.4. The molecule has 2 aliphatic carbocycles. The van der Waals surface area contributed by atoms with Crippen molar-refractivity contribution >= 4 is 11.8 Å². The van der Waals surface area contributed by atoms with Crippen LogP contribution in [0.1, 0.15) is 71.1 Å². The van der Waals surface area contributed by atoms with Gasteiger partial charge in [0.25, 0.3) is 0 Å². The molecule has 2 N–H and O–H groups in total. The summed E-state index contributed by atoms with van der Waals surface area (Å²) in [6, 6.07) is 0. The molecule has 2 atom stereocenters. The highest BCUT2D eigenvalue weighted by atomic mass is 32.2. The molecule has 0 heterocycles. The van der Waals surface area contributed by atoms with Crippen LogP contribution in [0.4, 0.5) is 0 Å². The van der Waals surface area contributed by atoms with Gasteiger partial charge in [0.15, 0.2) is 0 Å². The highest BCUT2D eigenvalue weighted by molar-refractivity contribution is 8.03. The summed E-state index contributed by atoms with van der Waals surface area (Å²) in [4.78, 5) is 1.51. The fraction of sp³-hybridized carbons (Fsp3) is 0.800. The zero-order valence-corrected chi connectivity index (χ0v) is 15.3. The van der Waals surface area contributed by atoms with Crippen LogP contribution in [0.2, 0.25) is 0 Å². The minimum absolute atomic E-state index is 0.722. The van der Waals surface area contributed by atoms with E-state index in [1.807, 2.05) is 0 Å². The van der Waals surface area contributed by atoms with Crippen molar-refractivity contribution in [3.63, 3.8) is 0 Å². The lowest BCUT2D eigenvalue weighted by molar-refractivity contribution is 0.337. The summed E-state index contributed by atoms with van der Waals surface area (Å²) in [7, 11) is 0. The van der Waals surface area contributed by atoms with Crippen LogP contribution in [0, 0.1) is 17.8 Å². The second kappa shape index (κ2) is 10.5. The predicted octanol–water partition coefficient (Wildman–Crippen LogP) is 5.92. The molecule has 0 aliphatic heterocycles. The Morgan fingerprint density at radius 3 is 2.82 bits per heavy atom. The minimum Gasteiger partial charge on any atom is -0.330 e. The number of hydrogen-bond acceptors (Lipinski definition) is 2. The fourth-order valence-electron chi connectivity index (χ4n) is 4.07. The monoisotopic (exact) mass is 321 g/mol. The standard InChI is InChI=1S/C20H35NS/c1-2-18(13-14-21)19-11-6-12-20(16-19)22-15-7-10-17-8-4-3-5-9-17/h6,12,16-19H,2-5,7-11,13-15,21H2,1H3. The molecule has 0 aromatic rings. The largest absolute Gasteiger partial charge is 0.330 e. The Hall–Kier alpha value is -0.210. The first-order chi connectivity index (χ1) is 10.8. The molecule has 0 amide bonds. The van der Waals surface area contributed by atoms with Crippen molar-refractivity contribution in [2.24, 2.45) is 23.5 Å². The molecule has 1 fully saturated rings. The van der Waals surface area contributed by atoms with E-state index < -0.39 is 0 Å². The molecule has 22 heavy (non-hydrogen) atoms. The van der Waals surface area contributed by atoms with Gasteiger partial charge in [-0.3, -0.25) is 0 Å². The van der Waals surface area contributed by atoms with Gasteiger partial charge < -0.3 is 5.73 Å². The molecule has 2 unspecified atom stereocenters. The quantitative estimate of drug-likeness (QED) is 0.534. The van der Waals surface area contributed by atoms with Crippen molar-refractivity contribution in [1.82, 2.24) is 0 Å². The normalized spacial score (nSPS) is 24.3. The van der Waals surface area contributed by atoms with Gasteiger partial charge in [0.05, 0.1) is 0 Å². The van der Waals surface area contributed by atoms with Gasteiger partial charge in [-0.15, -0.1) is 11.8 Å². The molecule has 0 spiro atoms. The molecule has 0 radical (unpaired) electrons. The van der Waals surface area contributed by atoms with Crippen LogP contribution in [0.15, 0.2) is 23.1 Å². The molecule has 0 bridgehead atoms. The topological polar surface area (TPSA) is 26.0 Å². The SMILES string of the molecule is CCC(CCN)C1C=C(SCCCC2CCCCC2)C=CC1. The number of hydrogen-bond donors (Lipinski definition) is 1. The number of thioether (sulfide) groups is 1. The van der Waals surface area contributed by atoms with Gasteiger partial charge in [-0.05, 0) is 55.7 Å². The van der Waals surface area contributed by atoms with Crippen molar-refractivity contribution in [3.05, 3.63) is 23.1 Å². The Kier molecular flexibility index (Phi) is 8.69. The van der Waals surface area contributed by atoms with E-state index in [-0.39, 0.29) is 0 Å². The summed E-state index contributed by atoms with van der Waals surface area (Å²) in [6.07, 6.45) is 21.2. The minimum atomic E-state index is 0.722. The molecular weight excluding hydrogens is 286 g/mol. The third-order valence-corrected chi connectivity index (χ3v) is 6.58. The smallest absolute Gasteiger partial charge is 0.00318 e. The average Bonchev–Trinajstić information content (AvgIpc) is 2.58. The van der Waals surface area contributed by atoms with Gasteiger partial charge in [0.2, 0.25) is 0 Å². The van der Waals surface area contributed by atoms with Crippen LogP contribution in [-0.2, 0) is 0 Å². The fourth-order valence-corrected chi connectivity index (χ4v) is 5.08. The number of rotatable bonds is 9. The van der Waals surface area contributed by atoms with Gasteiger partial charge in [0.1, 0.15) is 0 Å². The third kappa shape index (κ3) is 6.12. The highest BCUT2D eigenvalue weighted by Crippen LogP contribution is 2.33. The Morgan fingerprint density at radius 1 is 1.27 bits per heavy atom. The zero-order chi connectivity index (χ0) is 15.6. The first-order valence-corrected chi connectivity index (χ1v) is 10.5. The van der Waals surface area contributed by atoms with Crippen LogP contribution in [0.3, 0.4) is 0 Å². The van der Waals surface area contributed by atoms with Crippen LogP contribution in [-0.4, -0.2) is 12.3 Å². The summed E-state index contributed by atoms with van der Waals surface area (Å²) in [5.41, 5.74) is 5.77. The van der Waals surface area contributed by atoms with Gasteiger partial charge in [-0.25, -0.2) is 0 Å². The molecule has 1 nitrogen and oxygen atoms in total. The molecule has 2 heteroatoms. The van der Waals surface area contributed by atoms with Crippen LogP contribution in [0.5, 0.6) is 0 Å². The second-order valence-corrected chi connectivity index (χ2v) is 8.28. The Bertz CT molecular complexity index is 355. The van der Waals surface area contributed by atoms with E-state index in [0.717, 1.165) is 24.3 Å². The van der Waals surface area contributed by atoms with Crippen LogP contribution >= 0.6 is 11.8 Å².